The second-order valence-electron chi connectivity index (χ2n) is 11.6. The first-order chi connectivity index (χ1) is 24.8. The van der Waals surface area contributed by atoms with Crippen LogP contribution in [0.1, 0.15) is 42.1 Å². The summed E-state index contributed by atoms with van der Waals surface area (Å²) in [5.74, 6) is -0.808. The van der Waals surface area contributed by atoms with Gasteiger partial charge in [-0.25, -0.2) is 13.9 Å². The monoisotopic (exact) mass is 726 g/mol. The average molecular weight is 727 g/mol. The second kappa shape index (κ2) is 18.5. The molecule has 0 bridgehead atoms. The number of ether oxygens (including phenoxy) is 4. The number of methoxy groups -OCH3 is 1. The van der Waals surface area contributed by atoms with Gasteiger partial charge in [-0.1, -0.05) is 22.9 Å². The molecule has 1 aromatic carbocycles. The van der Waals surface area contributed by atoms with Gasteiger partial charge in [0.15, 0.2) is 5.66 Å². The summed E-state index contributed by atoms with van der Waals surface area (Å²) in [7, 11) is 1.26. The lowest BCUT2D eigenvalue weighted by molar-refractivity contribution is -0.136. The van der Waals surface area contributed by atoms with Crippen molar-refractivity contribution >= 4 is 29.3 Å². The van der Waals surface area contributed by atoms with Gasteiger partial charge in [-0.05, 0) is 30.8 Å². The fraction of sp³-hybridized carbons (Fsp3) is 0.455. The quantitative estimate of drug-likeness (QED) is 0.108. The molecule has 0 spiro atoms. The van der Waals surface area contributed by atoms with Gasteiger partial charge in [-0.15, -0.1) is 5.10 Å². The van der Waals surface area contributed by atoms with Crippen LogP contribution in [0.2, 0.25) is 5.02 Å². The van der Waals surface area contributed by atoms with Crippen LogP contribution < -0.4 is 16.4 Å². The SMILES string of the molecule is COC(=O)C1=C(COCc2cn(CCOCCOCCC(=O)NCCC3(CCN)N=N3)nn2)NC(c2ccncc2)=NC1c1ccc(F)cc1Cl. The molecule has 16 nitrogen and oxygen atoms in total. The standard InChI is InChI=1S/C33H40ClFN10O6/c1-48-32(47)29-27(39-31(22-4-10-37-11-5-22)40-30(29)25-3-2-23(35)18-26(25)34)21-51-20-24-19-45(44-41-24)13-15-50-17-16-49-14-6-28(46)38-12-8-33(7-9-36)42-43-33/h2-5,10-11,18-19,30H,6-9,12-17,20-21,36H2,1H3,(H,38,46)(H,39,40). The van der Waals surface area contributed by atoms with Crippen molar-refractivity contribution in [2.45, 2.75) is 44.1 Å². The zero-order valence-corrected chi connectivity index (χ0v) is 28.9. The van der Waals surface area contributed by atoms with Crippen molar-refractivity contribution in [3.63, 3.8) is 0 Å². The number of carbonyl (C=O) groups is 2. The highest BCUT2D eigenvalue weighted by Crippen LogP contribution is 2.37. The van der Waals surface area contributed by atoms with Gasteiger partial charge in [0, 0.05) is 54.4 Å². The molecule has 1 amide bonds. The lowest BCUT2D eigenvalue weighted by Gasteiger charge is -2.28. The summed E-state index contributed by atoms with van der Waals surface area (Å²) >= 11 is 6.42. The molecule has 51 heavy (non-hydrogen) atoms. The highest BCUT2D eigenvalue weighted by Gasteiger charge is 2.38. The molecule has 0 fully saturated rings. The summed E-state index contributed by atoms with van der Waals surface area (Å²) in [4.78, 5) is 33.9. The number of benzene rings is 1. The zero-order chi connectivity index (χ0) is 36.1. The highest BCUT2D eigenvalue weighted by atomic mass is 35.5. The summed E-state index contributed by atoms with van der Waals surface area (Å²) in [6.07, 6.45) is 6.57. The van der Waals surface area contributed by atoms with Gasteiger partial charge in [0.05, 0.1) is 70.8 Å². The normalized spacial score (nSPS) is 16.1. The Morgan fingerprint density at radius 1 is 1.06 bits per heavy atom. The number of rotatable bonds is 21. The summed E-state index contributed by atoms with van der Waals surface area (Å²) in [6.45, 7) is 2.87. The molecule has 4 N–H and O–H groups in total. The van der Waals surface area contributed by atoms with E-state index in [1.165, 1.54) is 25.3 Å². The number of amides is 1. The third-order valence-corrected chi connectivity index (χ3v) is 8.24. The number of aliphatic imine (C=N–C) groups is 1. The predicted octanol–water partition coefficient (Wildman–Crippen LogP) is 2.64. The van der Waals surface area contributed by atoms with E-state index in [1.807, 2.05) is 0 Å². The third kappa shape index (κ3) is 10.9. The third-order valence-electron chi connectivity index (χ3n) is 7.91. The topological polar surface area (TPSA) is 202 Å². The van der Waals surface area contributed by atoms with Crippen molar-refractivity contribution < 1.29 is 32.9 Å². The fourth-order valence-electron chi connectivity index (χ4n) is 5.20. The number of nitrogens with two attached hydrogens (primary N) is 1. The predicted molar refractivity (Wildman–Crippen MR) is 182 cm³/mol. The first-order valence-electron chi connectivity index (χ1n) is 16.4. The maximum absolute atomic E-state index is 13.9. The van der Waals surface area contributed by atoms with E-state index in [-0.39, 0.29) is 42.7 Å². The van der Waals surface area contributed by atoms with E-state index in [4.69, 9.17) is 41.3 Å². The van der Waals surface area contributed by atoms with Crippen molar-refractivity contribution in [2.75, 3.05) is 53.2 Å². The van der Waals surface area contributed by atoms with Gasteiger partial charge in [-0.2, -0.15) is 10.2 Å². The number of pyridine rings is 1. The highest BCUT2D eigenvalue weighted by molar-refractivity contribution is 6.31. The van der Waals surface area contributed by atoms with Crippen LogP contribution in [0.3, 0.4) is 0 Å². The molecule has 1 atom stereocenters. The largest absolute Gasteiger partial charge is 0.466 e. The summed E-state index contributed by atoms with van der Waals surface area (Å²) < 4.78 is 37.7. The zero-order valence-electron chi connectivity index (χ0n) is 28.1. The van der Waals surface area contributed by atoms with E-state index in [0.717, 1.165) is 0 Å². The molecule has 2 aliphatic rings. The molecule has 5 rings (SSSR count). The average Bonchev–Trinajstić information content (AvgIpc) is 3.74. The van der Waals surface area contributed by atoms with Crippen LogP contribution in [0.15, 0.2) is 75.4 Å². The van der Waals surface area contributed by atoms with Gasteiger partial charge in [0.25, 0.3) is 0 Å². The van der Waals surface area contributed by atoms with Gasteiger partial charge >= 0.3 is 5.97 Å². The first kappa shape index (κ1) is 37.6. The molecule has 3 aromatic rings. The van der Waals surface area contributed by atoms with Gasteiger partial charge in [0.2, 0.25) is 5.91 Å². The molecular formula is C33H40ClFN10O6. The maximum atomic E-state index is 13.9. The molecule has 0 saturated heterocycles. The number of amidine groups is 1. The Labute approximate surface area is 298 Å². The molecule has 2 aliphatic heterocycles. The second-order valence-corrected chi connectivity index (χ2v) is 12.0. The Kier molecular flexibility index (Phi) is 13.6. The number of nitrogens with zero attached hydrogens (tertiary/aromatic N) is 7. The minimum Gasteiger partial charge on any atom is -0.466 e. The van der Waals surface area contributed by atoms with Gasteiger partial charge < -0.3 is 35.3 Å². The number of nitrogens with one attached hydrogen (secondary N) is 2. The number of carbonyl (C=O) groups excluding carboxylic acids is 2. The first-order valence-corrected chi connectivity index (χ1v) is 16.7. The number of hydrogen-bond donors (Lipinski definition) is 3. The lowest BCUT2D eigenvalue weighted by Crippen LogP contribution is -2.35. The molecule has 0 radical (unpaired) electrons. The van der Waals surface area contributed by atoms with Crippen LogP contribution in [0, 0.1) is 5.82 Å². The van der Waals surface area contributed by atoms with Crippen LogP contribution in [-0.4, -0.2) is 96.6 Å². The van der Waals surface area contributed by atoms with E-state index in [1.54, 1.807) is 35.4 Å². The van der Waals surface area contributed by atoms with Crippen LogP contribution in [0.25, 0.3) is 0 Å². The molecule has 0 aliphatic carbocycles. The number of aromatic nitrogens is 4. The molecule has 1 unspecified atom stereocenters. The van der Waals surface area contributed by atoms with E-state index in [0.29, 0.717) is 80.7 Å². The van der Waals surface area contributed by atoms with Crippen molar-refractivity contribution in [1.29, 1.82) is 0 Å². The number of esters is 1. The smallest absolute Gasteiger partial charge is 0.338 e. The summed E-state index contributed by atoms with van der Waals surface area (Å²) in [6, 6.07) is 6.54. The maximum Gasteiger partial charge on any atom is 0.338 e. The van der Waals surface area contributed by atoms with Crippen molar-refractivity contribution in [3.8, 4) is 0 Å². The van der Waals surface area contributed by atoms with E-state index in [2.05, 4.69) is 36.2 Å². The van der Waals surface area contributed by atoms with Crippen LogP contribution >= 0.6 is 11.6 Å². The Balaban J connectivity index is 1.06. The minimum atomic E-state index is -0.898. The van der Waals surface area contributed by atoms with Crippen LogP contribution in [-0.2, 0) is 41.7 Å². The van der Waals surface area contributed by atoms with Gasteiger partial charge in [0.1, 0.15) is 23.4 Å². The fourth-order valence-corrected chi connectivity index (χ4v) is 5.47. The molecule has 0 saturated carbocycles. The molecule has 272 valence electrons. The summed E-state index contributed by atoms with van der Waals surface area (Å²) in [5.41, 5.74) is 7.43. The Morgan fingerprint density at radius 2 is 1.84 bits per heavy atom. The van der Waals surface area contributed by atoms with E-state index < -0.39 is 23.5 Å². The number of halogens is 2. The van der Waals surface area contributed by atoms with E-state index in [9.17, 15) is 14.0 Å². The van der Waals surface area contributed by atoms with Crippen molar-refractivity contribution in [2.24, 2.45) is 21.0 Å². The molecule has 18 heteroatoms. The summed E-state index contributed by atoms with van der Waals surface area (Å²) in [5, 5.41) is 22.5. The number of hydrogen-bond acceptors (Lipinski definition) is 14. The van der Waals surface area contributed by atoms with Crippen LogP contribution in [0.4, 0.5) is 4.39 Å². The van der Waals surface area contributed by atoms with Crippen LogP contribution in [0.5, 0.6) is 0 Å². The van der Waals surface area contributed by atoms with E-state index >= 15 is 0 Å². The van der Waals surface area contributed by atoms with Gasteiger partial charge in [-0.3, -0.25) is 14.8 Å². The molecule has 4 heterocycles. The Hall–Kier alpha value is -4.68. The Morgan fingerprint density at radius 3 is 2.57 bits per heavy atom. The lowest BCUT2D eigenvalue weighted by atomic mass is 9.95. The molecular weight excluding hydrogens is 687 g/mol. The van der Waals surface area contributed by atoms with Crippen molar-refractivity contribution in [3.05, 3.63) is 87.9 Å². The molecule has 2 aromatic heterocycles. The van der Waals surface area contributed by atoms with Crippen molar-refractivity contribution in [1.82, 2.24) is 30.6 Å². The Bertz CT molecular complexity index is 1730. The minimum absolute atomic E-state index is 0.0383.